The van der Waals surface area contributed by atoms with E-state index in [1.165, 1.54) is 10.2 Å². The molecule has 5 heterocycles. The zero-order chi connectivity index (χ0) is 31.7. The molecule has 3 amide bonds. The van der Waals surface area contributed by atoms with Gasteiger partial charge < -0.3 is 15.1 Å². The van der Waals surface area contributed by atoms with Crippen molar-refractivity contribution in [2.75, 3.05) is 64.7 Å². The summed E-state index contributed by atoms with van der Waals surface area (Å²) in [6.07, 6.45) is 5.51. The number of nitrogens with one attached hydrogen (secondary N) is 2. The van der Waals surface area contributed by atoms with Crippen LogP contribution in [0.25, 0.3) is 0 Å². The van der Waals surface area contributed by atoms with Gasteiger partial charge in [-0.1, -0.05) is 12.1 Å². The van der Waals surface area contributed by atoms with Crippen LogP contribution in [0.1, 0.15) is 53.9 Å². The van der Waals surface area contributed by atoms with E-state index in [0.717, 1.165) is 77.2 Å². The molecule has 6 rings (SSSR count). The monoisotopic (exact) mass is 682 g/mol. The third-order valence-electron chi connectivity index (χ3n) is 9.97. The molecule has 2 aromatic rings. The number of aryl methyl sites for hydroxylation is 1. The highest BCUT2D eigenvalue weighted by atomic mass is 79.9. The minimum absolute atomic E-state index is 0.0889. The van der Waals surface area contributed by atoms with Crippen molar-refractivity contribution >= 4 is 39.3 Å². The van der Waals surface area contributed by atoms with Crippen molar-refractivity contribution in [1.82, 2.24) is 34.7 Å². The Kier molecular flexibility index (Phi) is 9.69. The maximum absolute atomic E-state index is 13.4. The maximum atomic E-state index is 13.4. The summed E-state index contributed by atoms with van der Waals surface area (Å²) in [7, 11) is 3.74. The van der Waals surface area contributed by atoms with Gasteiger partial charge in [0.15, 0.2) is 0 Å². The van der Waals surface area contributed by atoms with Crippen molar-refractivity contribution in [1.29, 1.82) is 0 Å². The Labute approximate surface area is 272 Å². The van der Waals surface area contributed by atoms with Gasteiger partial charge in [0.05, 0.1) is 17.9 Å². The Morgan fingerprint density at radius 1 is 0.933 bits per heavy atom. The number of piperazine rings is 1. The van der Waals surface area contributed by atoms with E-state index in [1.807, 2.05) is 17.0 Å². The number of anilines is 1. The molecule has 3 unspecified atom stereocenters. The normalized spacial score (nSPS) is 26.1. The standard InChI is InChI=1S/C32H43BrN8O4/c1-37-19-23(17-24(20-37)35-26-18-34-38(2)32(45)29(26)33)21-3-5-22(6-4-21)31(44)41-11-9-25(10-12-41)39-13-15-40(16-14-39)27-7-8-28(42)36-30(27)43/h3-6,18,23-25,27,35H,7-17,19-20H2,1-2H3,(H,36,42,43). The van der Waals surface area contributed by atoms with Gasteiger partial charge in [-0.3, -0.25) is 34.3 Å². The molecule has 4 fully saturated rings. The molecule has 45 heavy (non-hydrogen) atoms. The number of hydrogen-bond donors (Lipinski definition) is 2. The van der Waals surface area contributed by atoms with E-state index in [9.17, 15) is 19.2 Å². The molecule has 0 aliphatic carbocycles. The molecule has 0 spiro atoms. The fraction of sp³-hybridized carbons (Fsp3) is 0.594. The summed E-state index contributed by atoms with van der Waals surface area (Å²) in [6.45, 7) is 6.74. The minimum Gasteiger partial charge on any atom is -0.379 e. The minimum atomic E-state index is -0.195. The number of carbonyl (C=O) groups is 3. The van der Waals surface area contributed by atoms with Gasteiger partial charge >= 0.3 is 0 Å². The lowest BCUT2D eigenvalue weighted by Gasteiger charge is -2.44. The molecule has 1 aromatic heterocycles. The highest BCUT2D eigenvalue weighted by molar-refractivity contribution is 9.10. The lowest BCUT2D eigenvalue weighted by molar-refractivity contribution is -0.138. The van der Waals surface area contributed by atoms with Crippen LogP contribution in [0.4, 0.5) is 5.69 Å². The number of aromatic nitrogens is 2. The number of rotatable bonds is 6. The van der Waals surface area contributed by atoms with Crippen molar-refractivity contribution < 1.29 is 14.4 Å². The van der Waals surface area contributed by atoms with Gasteiger partial charge in [-0.2, -0.15) is 5.10 Å². The molecule has 4 aliphatic rings. The lowest BCUT2D eigenvalue weighted by Crippen LogP contribution is -2.59. The Hall–Kier alpha value is -3.13. The Morgan fingerprint density at radius 2 is 1.62 bits per heavy atom. The number of halogens is 1. The molecule has 0 saturated carbocycles. The first-order valence-corrected chi connectivity index (χ1v) is 16.8. The SMILES string of the molecule is CN1CC(Nc2cnn(C)c(=O)c2Br)CC(c2ccc(C(=O)N3CCC(N4CCN(C5CCC(=O)NC5=O)CC4)CC3)cc2)C1. The Bertz CT molecular complexity index is 1470. The second kappa shape index (κ2) is 13.7. The summed E-state index contributed by atoms with van der Waals surface area (Å²) in [4.78, 5) is 58.5. The van der Waals surface area contributed by atoms with E-state index < -0.39 is 0 Å². The van der Waals surface area contributed by atoms with Crippen molar-refractivity contribution in [2.45, 2.75) is 56.1 Å². The summed E-state index contributed by atoms with van der Waals surface area (Å²) < 4.78 is 1.80. The van der Waals surface area contributed by atoms with Crippen LogP contribution in [-0.2, 0) is 16.6 Å². The smallest absolute Gasteiger partial charge is 0.282 e. The van der Waals surface area contributed by atoms with E-state index in [-0.39, 0.29) is 35.4 Å². The van der Waals surface area contributed by atoms with E-state index in [4.69, 9.17) is 0 Å². The molecule has 4 aliphatic heterocycles. The molecule has 2 N–H and O–H groups in total. The first-order valence-electron chi connectivity index (χ1n) is 16.0. The number of amides is 3. The fourth-order valence-corrected chi connectivity index (χ4v) is 7.93. The number of likely N-dealkylation sites (tertiary alicyclic amines) is 2. The Balaban J connectivity index is 0.989. The summed E-state index contributed by atoms with van der Waals surface area (Å²) >= 11 is 3.42. The summed E-state index contributed by atoms with van der Waals surface area (Å²) in [5.74, 6) is 0.0632. The number of nitrogens with zero attached hydrogens (tertiary/aromatic N) is 6. The van der Waals surface area contributed by atoms with Gasteiger partial charge in [-0.15, -0.1) is 0 Å². The highest BCUT2D eigenvalue weighted by Gasteiger charge is 2.36. The average Bonchev–Trinajstić information content (AvgIpc) is 3.05. The summed E-state index contributed by atoms with van der Waals surface area (Å²) in [5.41, 5.74) is 2.47. The first-order chi connectivity index (χ1) is 21.7. The fourth-order valence-electron chi connectivity index (χ4n) is 7.46. The van der Waals surface area contributed by atoms with Crippen LogP contribution >= 0.6 is 15.9 Å². The Morgan fingerprint density at radius 3 is 2.31 bits per heavy atom. The van der Waals surface area contributed by atoms with Crippen LogP contribution in [0, 0.1) is 0 Å². The molecule has 12 nitrogen and oxygen atoms in total. The van der Waals surface area contributed by atoms with Crippen molar-refractivity contribution in [2.24, 2.45) is 7.05 Å². The average molecular weight is 684 g/mol. The molecule has 0 radical (unpaired) electrons. The quantitative estimate of drug-likeness (QED) is 0.436. The molecule has 1 aromatic carbocycles. The van der Waals surface area contributed by atoms with Gasteiger partial charge in [-0.25, -0.2) is 4.68 Å². The molecule has 0 bridgehead atoms. The predicted molar refractivity (Wildman–Crippen MR) is 174 cm³/mol. The van der Waals surface area contributed by atoms with Crippen LogP contribution < -0.4 is 16.2 Å². The van der Waals surface area contributed by atoms with Crippen LogP contribution in [-0.4, -0.2) is 125 Å². The van der Waals surface area contributed by atoms with Gasteiger partial charge in [-0.05, 0) is 72.3 Å². The van der Waals surface area contributed by atoms with Gasteiger partial charge in [0.1, 0.15) is 4.47 Å². The first kappa shape index (κ1) is 31.8. The van der Waals surface area contributed by atoms with Crippen LogP contribution in [0.2, 0.25) is 0 Å². The molecule has 13 heteroatoms. The van der Waals surface area contributed by atoms with Crippen LogP contribution in [0.5, 0.6) is 0 Å². The van der Waals surface area contributed by atoms with Gasteiger partial charge in [0.2, 0.25) is 11.8 Å². The second-order valence-corrected chi connectivity index (χ2v) is 13.8. The molecule has 4 saturated heterocycles. The number of benzene rings is 1. The van der Waals surface area contributed by atoms with Crippen molar-refractivity contribution in [3.05, 3.63) is 56.4 Å². The number of piperidine rings is 3. The molecule has 242 valence electrons. The van der Waals surface area contributed by atoms with E-state index in [2.05, 4.69) is 65.5 Å². The molecular weight excluding hydrogens is 640 g/mol. The third-order valence-corrected chi connectivity index (χ3v) is 10.7. The van der Waals surface area contributed by atoms with E-state index in [1.54, 1.807) is 13.2 Å². The number of hydrogen-bond acceptors (Lipinski definition) is 9. The topological polar surface area (TPSA) is 123 Å². The summed E-state index contributed by atoms with van der Waals surface area (Å²) in [6, 6.07) is 8.53. The van der Waals surface area contributed by atoms with Crippen LogP contribution in [0.15, 0.2) is 39.7 Å². The van der Waals surface area contributed by atoms with E-state index in [0.29, 0.717) is 35.0 Å². The van der Waals surface area contributed by atoms with E-state index >= 15 is 0 Å². The van der Waals surface area contributed by atoms with Gasteiger partial charge in [0, 0.05) is 83.5 Å². The van der Waals surface area contributed by atoms with Crippen molar-refractivity contribution in [3.63, 3.8) is 0 Å². The number of likely N-dealkylation sites (N-methyl/N-ethyl adjacent to an activating group) is 1. The predicted octanol–water partition coefficient (Wildman–Crippen LogP) is 1.47. The maximum Gasteiger partial charge on any atom is 0.282 e. The third kappa shape index (κ3) is 7.16. The number of imide groups is 1. The zero-order valence-electron chi connectivity index (χ0n) is 26.1. The highest BCUT2D eigenvalue weighted by Crippen LogP contribution is 2.30. The largest absolute Gasteiger partial charge is 0.379 e. The number of carbonyl (C=O) groups excluding carboxylic acids is 3. The molecular formula is C32H43BrN8O4. The van der Waals surface area contributed by atoms with Gasteiger partial charge in [0.25, 0.3) is 11.5 Å². The van der Waals surface area contributed by atoms with Crippen molar-refractivity contribution in [3.8, 4) is 0 Å². The van der Waals surface area contributed by atoms with Crippen LogP contribution in [0.3, 0.4) is 0 Å². The second-order valence-electron chi connectivity index (χ2n) is 13.0. The summed E-state index contributed by atoms with van der Waals surface area (Å²) in [5, 5.41) is 10.1. The molecule has 3 atom stereocenters. The zero-order valence-corrected chi connectivity index (χ0v) is 27.7. The lowest BCUT2D eigenvalue weighted by atomic mass is 9.87.